The molecule has 75 valence electrons. The van der Waals surface area contributed by atoms with Crippen molar-refractivity contribution in [3.63, 3.8) is 0 Å². The molecular formula is H7CuO7P3. The SMILES string of the molecule is O=P(O)(O)OP(=O)(O)O.P.[Cu]. The van der Waals surface area contributed by atoms with Crippen LogP contribution in [0.25, 0.3) is 0 Å². The Morgan fingerprint density at radius 3 is 1.09 bits per heavy atom. The van der Waals surface area contributed by atoms with Gasteiger partial charge in [-0.3, -0.25) is 0 Å². The third kappa shape index (κ3) is 18.3. The van der Waals surface area contributed by atoms with Gasteiger partial charge in [0, 0.05) is 17.1 Å². The molecule has 1 unspecified atom stereocenters. The van der Waals surface area contributed by atoms with E-state index in [-0.39, 0.29) is 27.0 Å². The predicted molar refractivity (Wildman–Crippen MR) is 36.3 cm³/mol. The Labute approximate surface area is 76.1 Å². The molecule has 0 bridgehead atoms. The molecule has 1 atom stereocenters. The quantitative estimate of drug-likeness (QED) is 0.386. The monoisotopic (exact) mass is 275 g/mol. The maximum atomic E-state index is 9.63. The van der Waals surface area contributed by atoms with E-state index >= 15 is 0 Å². The summed E-state index contributed by atoms with van der Waals surface area (Å²) < 4.78 is 22.2. The van der Waals surface area contributed by atoms with Gasteiger partial charge in [-0.05, 0) is 0 Å². The van der Waals surface area contributed by atoms with Gasteiger partial charge in [0.25, 0.3) is 0 Å². The van der Waals surface area contributed by atoms with Gasteiger partial charge >= 0.3 is 15.6 Å². The third-order valence-electron chi connectivity index (χ3n) is 0.213. The minimum atomic E-state index is -5.05. The first kappa shape index (κ1) is 18.1. The van der Waals surface area contributed by atoms with Crippen molar-refractivity contribution in [2.45, 2.75) is 0 Å². The third-order valence-corrected chi connectivity index (χ3v) is 1.91. The molecule has 0 rings (SSSR count). The van der Waals surface area contributed by atoms with Gasteiger partial charge in [-0.2, -0.15) is 14.2 Å². The molecule has 0 saturated heterocycles. The van der Waals surface area contributed by atoms with Gasteiger partial charge in [-0.25, -0.2) is 9.13 Å². The number of phosphoric acid groups is 2. The van der Waals surface area contributed by atoms with Crippen LogP contribution in [-0.2, 0) is 30.5 Å². The van der Waals surface area contributed by atoms with Crippen molar-refractivity contribution in [3.8, 4) is 0 Å². The molecular weight excluding hydrogens is 268 g/mol. The Kier molecular flexibility index (Phi) is 9.52. The Bertz CT molecular complexity index is 154. The molecule has 0 aliphatic rings. The molecule has 0 aromatic rings. The summed E-state index contributed by atoms with van der Waals surface area (Å²) >= 11 is 0. The number of rotatable bonds is 2. The van der Waals surface area contributed by atoms with Crippen LogP contribution in [0.4, 0.5) is 0 Å². The maximum Gasteiger partial charge on any atom is 0.478 e. The molecule has 0 amide bonds. The van der Waals surface area contributed by atoms with Crippen LogP contribution >= 0.6 is 25.5 Å². The molecule has 0 heterocycles. The first-order valence-electron chi connectivity index (χ1n) is 1.53. The van der Waals surface area contributed by atoms with E-state index in [0.29, 0.717) is 0 Å². The summed E-state index contributed by atoms with van der Waals surface area (Å²) in [5.41, 5.74) is 0. The largest absolute Gasteiger partial charge is 0.478 e. The van der Waals surface area contributed by atoms with E-state index in [0.717, 1.165) is 0 Å². The minimum absolute atomic E-state index is 0. The molecule has 0 saturated carbocycles. The van der Waals surface area contributed by atoms with Gasteiger partial charge in [0.1, 0.15) is 0 Å². The molecule has 11 heavy (non-hydrogen) atoms. The van der Waals surface area contributed by atoms with Crippen molar-refractivity contribution >= 4 is 25.5 Å². The maximum absolute atomic E-state index is 9.63. The van der Waals surface area contributed by atoms with Gasteiger partial charge in [-0.15, -0.1) is 0 Å². The molecule has 7 nitrogen and oxygen atoms in total. The Balaban J connectivity index is -0.000000320. The van der Waals surface area contributed by atoms with E-state index < -0.39 is 15.6 Å². The summed E-state index contributed by atoms with van der Waals surface area (Å²) in [6.45, 7) is 0. The van der Waals surface area contributed by atoms with Crippen molar-refractivity contribution < 1.29 is 50.1 Å². The average molecular weight is 276 g/mol. The Morgan fingerprint density at radius 2 is 1.09 bits per heavy atom. The van der Waals surface area contributed by atoms with Gasteiger partial charge in [0.15, 0.2) is 0 Å². The second kappa shape index (κ2) is 5.79. The van der Waals surface area contributed by atoms with Crippen molar-refractivity contribution in [1.82, 2.24) is 0 Å². The van der Waals surface area contributed by atoms with Crippen LogP contribution in [0.2, 0.25) is 0 Å². The second-order valence-electron chi connectivity index (χ2n) is 1.06. The molecule has 0 aliphatic heterocycles. The second-order valence-corrected chi connectivity index (χ2v) is 3.68. The first-order valence-corrected chi connectivity index (χ1v) is 4.59. The Hall–Kier alpha value is 1.21. The van der Waals surface area contributed by atoms with Crippen LogP contribution in [0.5, 0.6) is 0 Å². The van der Waals surface area contributed by atoms with E-state index in [1.54, 1.807) is 0 Å². The van der Waals surface area contributed by atoms with Crippen LogP contribution in [0.15, 0.2) is 0 Å². The van der Waals surface area contributed by atoms with E-state index in [4.69, 9.17) is 19.6 Å². The smallest absolute Gasteiger partial charge is 0.302 e. The number of hydrogen-bond acceptors (Lipinski definition) is 3. The van der Waals surface area contributed by atoms with E-state index in [1.165, 1.54) is 0 Å². The summed E-state index contributed by atoms with van der Waals surface area (Å²) in [5.74, 6) is 0. The zero-order valence-corrected chi connectivity index (χ0v) is 9.06. The zero-order valence-electron chi connectivity index (χ0n) is 4.92. The van der Waals surface area contributed by atoms with E-state index in [9.17, 15) is 9.13 Å². The average Bonchev–Trinajstić information content (AvgIpc) is 1.14. The fraction of sp³-hybridized carbons (Fsp3) is 0. The summed E-state index contributed by atoms with van der Waals surface area (Å²) in [7, 11) is -10.1. The minimum Gasteiger partial charge on any atom is -0.302 e. The molecule has 0 fully saturated rings. The predicted octanol–water partition coefficient (Wildman–Crippen LogP) is -0.756. The van der Waals surface area contributed by atoms with Crippen molar-refractivity contribution in [3.05, 3.63) is 0 Å². The number of hydrogen-bond donors (Lipinski definition) is 4. The van der Waals surface area contributed by atoms with Crippen LogP contribution in [0.3, 0.4) is 0 Å². The van der Waals surface area contributed by atoms with Gasteiger partial charge in [0.2, 0.25) is 0 Å². The van der Waals surface area contributed by atoms with E-state index in [1.807, 2.05) is 0 Å². The fourth-order valence-electron chi connectivity index (χ4n) is 0.139. The van der Waals surface area contributed by atoms with Crippen LogP contribution in [0.1, 0.15) is 0 Å². The van der Waals surface area contributed by atoms with Crippen molar-refractivity contribution in [2.75, 3.05) is 0 Å². The molecule has 0 aromatic carbocycles. The van der Waals surface area contributed by atoms with Gasteiger partial charge < -0.3 is 19.6 Å². The van der Waals surface area contributed by atoms with E-state index in [2.05, 4.69) is 4.31 Å². The molecule has 4 N–H and O–H groups in total. The Morgan fingerprint density at radius 1 is 0.909 bits per heavy atom. The summed E-state index contributed by atoms with van der Waals surface area (Å²) in [4.78, 5) is 31.0. The topological polar surface area (TPSA) is 124 Å². The normalized spacial score (nSPS) is 11.3. The van der Waals surface area contributed by atoms with Crippen LogP contribution in [-0.4, -0.2) is 19.6 Å². The first-order chi connectivity index (χ1) is 3.71. The molecule has 0 spiro atoms. The van der Waals surface area contributed by atoms with Crippen LogP contribution in [0, 0.1) is 0 Å². The molecule has 1 radical (unpaired) electrons. The molecule has 0 aliphatic carbocycles. The fourth-order valence-corrected chi connectivity index (χ4v) is 1.25. The van der Waals surface area contributed by atoms with Crippen molar-refractivity contribution in [1.29, 1.82) is 0 Å². The summed E-state index contributed by atoms with van der Waals surface area (Å²) in [6.07, 6.45) is 0. The summed E-state index contributed by atoms with van der Waals surface area (Å²) in [5, 5.41) is 0. The van der Waals surface area contributed by atoms with Gasteiger partial charge in [-0.1, -0.05) is 0 Å². The molecule has 11 heteroatoms. The zero-order chi connectivity index (χ0) is 7.71. The van der Waals surface area contributed by atoms with Crippen molar-refractivity contribution in [2.24, 2.45) is 0 Å². The molecule has 0 aromatic heterocycles. The van der Waals surface area contributed by atoms with Gasteiger partial charge in [0.05, 0.1) is 0 Å². The standard InChI is InChI=1S/Cu.H4O7P2.H3P/c;1-8(2,3)7-9(4,5)6;/h;(H2,1,2,3)(H2,4,5,6);1H3. The summed E-state index contributed by atoms with van der Waals surface area (Å²) in [6, 6.07) is 0. The van der Waals surface area contributed by atoms with Crippen LogP contribution < -0.4 is 0 Å².